The number of nitrogens with two attached hydrogens (primary N) is 1. The monoisotopic (exact) mass is 212 g/mol. The Kier molecular flexibility index (Phi) is 5.09. The lowest BCUT2D eigenvalue weighted by Gasteiger charge is -2.35. The largest absolute Gasteiger partial charge is 0.370 e. The van der Waals surface area contributed by atoms with Crippen LogP contribution in [0.15, 0.2) is 0 Å². The number of carbonyl (C=O) groups is 1. The van der Waals surface area contributed by atoms with E-state index in [1.165, 1.54) is 25.7 Å². The third-order valence-corrected chi connectivity index (χ3v) is 3.45. The third-order valence-electron chi connectivity index (χ3n) is 3.45. The fourth-order valence-corrected chi connectivity index (χ4v) is 2.59. The van der Waals surface area contributed by atoms with E-state index in [0.29, 0.717) is 12.5 Å². The first-order chi connectivity index (χ1) is 7.11. The van der Waals surface area contributed by atoms with E-state index < -0.39 is 0 Å². The zero-order chi connectivity index (χ0) is 11.3. The molecule has 0 aromatic carbocycles. The van der Waals surface area contributed by atoms with Crippen LogP contribution in [0.25, 0.3) is 0 Å². The molecule has 0 aromatic rings. The molecule has 2 unspecified atom stereocenters. The highest BCUT2D eigenvalue weighted by molar-refractivity contribution is 5.73. The van der Waals surface area contributed by atoms with E-state index in [1.54, 1.807) is 0 Å². The van der Waals surface area contributed by atoms with E-state index in [-0.39, 0.29) is 5.91 Å². The van der Waals surface area contributed by atoms with Crippen molar-refractivity contribution in [2.75, 3.05) is 6.54 Å². The van der Waals surface area contributed by atoms with Gasteiger partial charge in [-0.25, -0.2) is 0 Å². The van der Waals surface area contributed by atoms with Crippen molar-refractivity contribution in [1.29, 1.82) is 0 Å². The third kappa shape index (κ3) is 4.20. The standard InChI is InChI=1S/C12H24N2O/c1-9(2)10-5-3-4-6-11(10)14-8-7-12(13)15/h9-11,14H,3-8H2,1-2H3,(H2,13,15). The van der Waals surface area contributed by atoms with E-state index in [1.807, 2.05) is 0 Å². The molecule has 1 aliphatic rings. The Morgan fingerprint density at radius 1 is 1.40 bits per heavy atom. The van der Waals surface area contributed by atoms with E-state index >= 15 is 0 Å². The van der Waals surface area contributed by atoms with Crippen molar-refractivity contribution >= 4 is 5.91 Å². The van der Waals surface area contributed by atoms with Gasteiger partial charge in [0.1, 0.15) is 0 Å². The molecule has 0 saturated heterocycles. The van der Waals surface area contributed by atoms with Gasteiger partial charge in [0, 0.05) is 19.0 Å². The zero-order valence-corrected chi connectivity index (χ0v) is 9.96. The molecule has 0 radical (unpaired) electrons. The molecule has 0 spiro atoms. The second-order valence-electron chi connectivity index (χ2n) is 4.97. The smallest absolute Gasteiger partial charge is 0.218 e. The van der Waals surface area contributed by atoms with Gasteiger partial charge in [-0.15, -0.1) is 0 Å². The molecule has 1 amide bonds. The Morgan fingerprint density at radius 3 is 2.67 bits per heavy atom. The van der Waals surface area contributed by atoms with Gasteiger partial charge in [0.2, 0.25) is 5.91 Å². The zero-order valence-electron chi connectivity index (χ0n) is 9.96. The summed E-state index contributed by atoms with van der Waals surface area (Å²) in [6, 6.07) is 0.595. The predicted octanol–water partition coefficient (Wildman–Crippen LogP) is 1.67. The number of amides is 1. The summed E-state index contributed by atoms with van der Waals surface area (Å²) in [4.78, 5) is 10.6. The number of nitrogens with one attached hydrogen (secondary N) is 1. The van der Waals surface area contributed by atoms with Gasteiger partial charge in [0.05, 0.1) is 0 Å². The van der Waals surface area contributed by atoms with Crippen LogP contribution in [0.3, 0.4) is 0 Å². The van der Waals surface area contributed by atoms with Gasteiger partial charge in [0.25, 0.3) is 0 Å². The van der Waals surface area contributed by atoms with Crippen molar-refractivity contribution in [3.05, 3.63) is 0 Å². The lowest BCUT2D eigenvalue weighted by Crippen LogP contribution is -2.42. The molecule has 1 rings (SSSR count). The van der Waals surface area contributed by atoms with Crippen LogP contribution in [0.5, 0.6) is 0 Å². The van der Waals surface area contributed by atoms with Gasteiger partial charge in [-0.05, 0) is 24.7 Å². The van der Waals surface area contributed by atoms with Gasteiger partial charge < -0.3 is 11.1 Å². The molecule has 15 heavy (non-hydrogen) atoms. The first-order valence-corrected chi connectivity index (χ1v) is 6.13. The summed E-state index contributed by atoms with van der Waals surface area (Å²) in [5.41, 5.74) is 5.12. The second kappa shape index (κ2) is 6.11. The SMILES string of the molecule is CC(C)C1CCCCC1NCCC(N)=O. The van der Waals surface area contributed by atoms with Crippen LogP contribution in [-0.4, -0.2) is 18.5 Å². The van der Waals surface area contributed by atoms with E-state index in [0.717, 1.165) is 18.4 Å². The summed E-state index contributed by atoms with van der Waals surface area (Å²) in [7, 11) is 0. The molecule has 1 saturated carbocycles. The van der Waals surface area contributed by atoms with Crippen molar-refractivity contribution in [3.63, 3.8) is 0 Å². The van der Waals surface area contributed by atoms with Crippen LogP contribution in [0.1, 0.15) is 46.0 Å². The minimum atomic E-state index is -0.209. The molecule has 1 aliphatic carbocycles. The van der Waals surface area contributed by atoms with Gasteiger partial charge >= 0.3 is 0 Å². The lowest BCUT2D eigenvalue weighted by atomic mass is 9.78. The fraction of sp³-hybridized carbons (Fsp3) is 0.917. The van der Waals surface area contributed by atoms with E-state index in [9.17, 15) is 4.79 Å². The van der Waals surface area contributed by atoms with Gasteiger partial charge in [-0.3, -0.25) is 4.79 Å². The summed E-state index contributed by atoms with van der Waals surface area (Å²) >= 11 is 0. The first kappa shape index (κ1) is 12.5. The van der Waals surface area contributed by atoms with Crippen LogP contribution in [0.2, 0.25) is 0 Å². The topological polar surface area (TPSA) is 55.1 Å². The molecular formula is C12H24N2O. The number of hydrogen-bond donors (Lipinski definition) is 2. The highest BCUT2D eigenvalue weighted by atomic mass is 16.1. The van der Waals surface area contributed by atoms with E-state index in [4.69, 9.17) is 5.73 Å². The van der Waals surface area contributed by atoms with Crippen molar-refractivity contribution in [3.8, 4) is 0 Å². The summed E-state index contributed by atoms with van der Waals surface area (Å²) in [6.45, 7) is 5.32. The second-order valence-corrected chi connectivity index (χ2v) is 4.97. The highest BCUT2D eigenvalue weighted by Gasteiger charge is 2.26. The minimum Gasteiger partial charge on any atom is -0.370 e. The van der Waals surface area contributed by atoms with Gasteiger partial charge in [-0.1, -0.05) is 26.7 Å². The lowest BCUT2D eigenvalue weighted by molar-refractivity contribution is -0.117. The average Bonchev–Trinajstić information content (AvgIpc) is 2.17. The molecule has 2 atom stereocenters. The Labute approximate surface area is 92.8 Å². The number of primary amides is 1. The number of carbonyl (C=O) groups excluding carboxylic acids is 1. The Hall–Kier alpha value is -0.570. The van der Waals surface area contributed by atoms with Crippen molar-refractivity contribution < 1.29 is 4.79 Å². The highest BCUT2D eigenvalue weighted by Crippen LogP contribution is 2.29. The maximum Gasteiger partial charge on any atom is 0.218 e. The molecule has 0 heterocycles. The predicted molar refractivity (Wildman–Crippen MR) is 62.4 cm³/mol. The van der Waals surface area contributed by atoms with Gasteiger partial charge in [-0.2, -0.15) is 0 Å². The molecular weight excluding hydrogens is 188 g/mol. The molecule has 1 fully saturated rings. The number of rotatable bonds is 5. The van der Waals surface area contributed by atoms with Crippen molar-refractivity contribution in [2.45, 2.75) is 52.0 Å². The Bertz CT molecular complexity index is 204. The summed E-state index contributed by atoms with van der Waals surface area (Å²) < 4.78 is 0. The summed E-state index contributed by atoms with van der Waals surface area (Å²) in [6.07, 6.45) is 5.71. The molecule has 0 bridgehead atoms. The molecule has 88 valence electrons. The maximum absolute atomic E-state index is 10.6. The molecule has 3 nitrogen and oxygen atoms in total. The van der Waals surface area contributed by atoms with Crippen LogP contribution < -0.4 is 11.1 Å². The normalized spacial score (nSPS) is 26.9. The molecule has 3 N–H and O–H groups in total. The van der Waals surface area contributed by atoms with E-state index in [2.05, 4.69) is 19.2 Å². The van der Waals surface area contributed by atoms with Crippen LogP contribution in [0.4, 0.5) is 0 Å². The van der Waals surface area contributed by atoms with Crippen molar-refractivity contribution in [2.24, 2.45) is 17.6 Å². The average molecular weight is 212 g/mol. The van der Waals surface area contributed by atoms with Gasteiger partial charge in [0.15, 0.2) is 0 Å². The van der Waals surface area contributed by atoms with Crippen LogP contribution >= 0.6 is 0 Å². The van der Waals surface area contributed by atoms with Crippen LogP contribution in [0, 0.1) is 11.8 Å². The first-order valence-electron chi connectivity index (χ1n) is 6.13. The Morgan fingerprint density at radius 2 is 2.07 bits per heavy atom. The molecule has 0 aliphatic heterocycles. The number of hydrogen-bond acceptors (Lipinski definition) is 2. The molecule has 3 heteroatoms. The fourth-order valence-electron chi connectivity index (χ4n) is 2.59. The van der Waals surface area contributed by atoms with Crippen LogP contribution in [-0.2, 0) is 4.79 Å². The summed E-state index contributed by atoms with van der Waals surface area (Å²) in [5.74, 6) is 1.29. The minimum absolute atomic E-state index is 0.209. The maximum atomic E-state index is 10.6. The van der Waals surface area contributed by atoms with Crippen molar-refractivity contribution in [1.82, 2.24) is 5.32 Å². The quantitative estimate of drug-likeness (QED) is 0.728. The summed E-state index contributed by atoms with van der Waals surface area (Å²) in [5, 5.41) is 3.48. The Balaban J connectivity index is 2.32. The molecule has 0 aromatic heterocycles.